The van der Waals surface area contributed by atoms with Crippen LogP contribution in [0, 0.1) is 0 Å². The molecule has 7 nitrogen and oxygen atoms in total. The van der Waals surface area contributed by atoms with Crippen LogP contribution in [0.3, 0.4) is 0 Å². The number of ether oxygens (including phenoxy) is 2. The Balaban J connectivity index is 1.37. The number of pyridine rings is 1. The summed E-state index contributed by atoms with van der Waals surface area (Å²) >= 11 is 0. The molecule has 1 unspecified atom stereocenters. The molecule has 2 aromatic rings. The van der Waals surface area contributed by atoms with Gasteiger partial charge >= 0.3 is 0 Å². The standard InChI is InChI=1S/C17H20N4O3/c1-20-14(5-8-19-20)16(22)21-11-17(12-21)10-13(6-9-23-17)24-15-4-2-3-7-18-15/h2-5,7-8,13H,6,9-12H2,1H3. The van der Waals surface area contributed by atoms with Gasteiger partial charge < -0.3 is 14.4 Å². The molecule has 0 radical (unpaired) electrons. The highest BCUT2D eigenvalue weighted by Crippen LogP contribution is 2.36. The molecule has 0 aliphatic carbocycles. The van der Waals surface area contributed by atoms with Gasteiger partial charge in [-0.3, -0.25) is 9.48 Å². The lowest BCUT2D eigenvalue weighted by molar-refractivity contribution is -0.174. The Morgan fingerprint density at radius 3 is 2.92 bits per heavy atom. The molecule has 1 amide bonds. The van der Waals surface area contributed by atoms with E-state index in [1.807, 2.05) is 18.2 Å². The summed E-state index contributed by atoms with van der Waals surface area (Å²) in [6.07, 6.45) is 5.05. The molecular weight excluding hydrogens is 308 g/mol. The Labute approximate surface area is 140 Å². The van der Waals surface area contributed by atoms with Crippen LogP contribution in [0.2, 0.25) is 0 Å². The maximum Gasteiger partial charge on any atom is 0.272 e. The Hall–Kier alpha value is -2.41. The monoisotopic (exact) mass is 328 g/mol. The van der Waals surface area contributed by atoms with E-state index < -0.39 is 0 Å². The maximum atomic E-state index is 12.5. The van der Waals surface area contributed by atoms with Gasteiger partial charge in [-0.15, -0.1) is 0 Å². The zero-order valence-electron chi connectivity index (χ0n) is 13.6. The van der Waals surface area contributed by atoms with Crippen LogP contribution < -0.4 is 4.74 Å². The van der Waals surface area contributed by atoms with Crippen molar-refractivity contribution in [1.82, 2.24) is 19.7 Å². The molecule has 1 spiro atoms. The average molecular weight is 328 g/mol. The number of likely N-dealkylation sites (tertiary alicyclic amines) is 1. The third-order valence-electron chi connectivity index (χ3n) is 4.66. The van der Waals surface area contributed by atoms with Gasteiger partial charge in [0.2, 0.25) is 5.88 Å². The summed E-state index contributed by atoms with van der Waals surface area (Å²) in [5.41, 5.74) is 0.313. The molecule has 4 rings (SSSR count). The van der Waals surface area contributed by atoms with Crippen molar-refractivity contribution in [2.75, 3.05) is 19.7 Å². The number of hydrogen-bond acceptors (Lipinski definition) is 5. The van der Waals surface area contributed by atoms with Crippen molar-refractivity contribution in [3.8, 4) is 5.88 Å². The summed E-state index contributed by atoms with van der Waals surface area (Å²) in [5.74, 6) is 0.638. The summed E-state index contributed by atoms with van der Waals surface area (Å²) in [4.78, 5) is 18.5. The lowest BCUT2D eigenvalue weighted by Gasteiger charge is -2.52. The van der Waals surface area contributed by atoms with Gasteiger partial charge in [0.25, 0.3) is 5.91 Å². The van der Waals surface area contributed by atoms with Crippen LogP contribution in [-0.2, 0) is 11.8 Å². The second-order valence-electron chi connectivity index (χ2n) is 6.43. The number of amides is 1. The summed E-state index contributed by atoms with van der Waals surface area (Å²) in [6, 6.07) is 7.38. The lowest BCUT2D eigenvalue weighted by atomic mass is 9.84. The number of aromatic nitrogens is 3. The second-order valence-corrected chi connectivity index (χ2v) is 6.43. The van der Waals surface area contributed by atoms with Crippen LogP contribution in [0.25, 0.3) is 0 Å². The van der Waals surface area contributed by atoms with E-state index in [4.69, 9.17) is 9.47 Å². The maximum absolute atomic E-state index is 12.5. The van der Waals surface area contributed by atoms with Crippen LogP contribution in [0.1, 0.15) is 23.3 Å². The van der Waals surface area contributed by atoms with Gasteiger partial charge in [0, 0.05) is 38.3 Å². The normalized spacial score (nSPS) is 22.2. The van der Waals surface area contributed by atoms with Gasteiger partial charge in [0.05, 0.1) is 19.7 Å². The Bertz CT molecular complexity index is 724. The fraction of sp³-hybridized carbons (Fsp3) is 0.471. The number of rotatable bonds is 3. The SMILES string of the molecule is Cn1nccc1C(=O)N1CC2(CC(Oc3ccccn3)CCO2)C1. The molecule has 4 heterocycles. The molecule has 0 bridgehead atoms. The predicted molar refractivity (Wildman–Crippen MR) is 85.7 cm³/mol. The molecule has 2 fully saturated rings. The van der Waals surface area contributed by atoms with E-state index >= 15 is 0 Å². The first-order valence-electron chi connectivity index (χ1n) is 8.14. The smallest absolute Gasteiger partial charge is 0.272 e. The van der Waals surface area contributed by atoms with Gasteiger partial charge in [-0.05, 0) is 12.1 Å². The number of carbonyl (C=O) groups excluding carboxylic acids is 1. The summed E-state index contributed by atoms with van der Waals surface area (Å²) in [7, 11) is 1.77. The highest BCUT2D eigenvalue weighted by Gasteiger charge is 2.50. The van der Waals surface area contributed by atoms with Crippen molar-refractivity contribution in [1.29, 1.82) is 0 Å². The summed E-state index contributed by atoms with van der Waals surface area (Å²) in [6.45, 7) is 1.84. The molecule has 0 aromatic carbocycles. The summed E-state index contributed by atoms with van der Waals surface area (Å²) < 4.78 is 13.5. The van der Waals surface area contributed by atoms with Crippen molar-refractivity contribution >= 4 is 5.91 Å². The minimum absolute atomic E-state index is 0.00278. The fourth-order valence-corrected chi connectivity index (χ4v) is 3.43. The Morgan fingerprint density at radius 1 is 1.33 bits per heavy atom. The first kappa shape index (κ1) is 15.1. The quantitative estimate of drug-likeness (QED) is 0.849. The predicted octanol–water partition coefficient (Wildman–Crippen LogP) is 1.27. The van der Waals surface area contributed by atoms with Gasteiger partial charge in [0.1, 0.15) is 17.4 Å². The summed E-state index contributed by atoms with van der Waals surface area (Å²) in [5, 5.41) is 4.05. The van der Waals surface area contributed by atoms with Crippen molar-refractivity contribution in [3.63, 3.8) is 0 Å². The molecule has 2 aliphatic heterocycles. The highest BCUT2D eigenvalue weighted by atomic mass is 16.5. The van der Waals surface area contributed by atoms with E-state index in [2.05, 4.69) is 10.1 Å². The number of carbonyl (C=O) groups is 1. The van der Waals surface area contributed by atoms with Gasteiger partial charge in [-0.2, -0.15) is 5.10 Å². The van der Waals surface area contributed by atoms with Crippen LogP contribution in [-0.4, -0.2) is 57.0 Å². The average Bonchev–Trinajstić information content (AvgIpc) is 2.99. The Kier molecular flexibility index (Phi) is 3.72. The first-order valence-corrected chi connectivity index (χ1v) is 8.14. The third-order valence-corrected chi connectivity index (χ3v) is 4.66. The molecule has 2 saturated heterocycles. The van der Waals surface area contributed by atoms with E-state index in [9.17, 15) is 4.79 Å². The van der Waals surface area contributed by atoms with Crippen molar-refractivity contribution < 1.29 is 14.3 Å². The molecular formula is C17H20N4O3. The van der Waals surface area contributed by atoms with Gasteiger partial charge in [-0.25, -0.2) is 4.98 Å². The topological polar surface area (TPSA) is 69.5 Å². The Morgan fingerprint density at radius 2 is 2.21 bits per heavy atom. The fourth-order valence-electron chi connectivity index (χ4n) is 3.43. The van der Waals surface area contributed by atoms with Crippen LogP contribution in [0.5, 0.6) is 5.88 Å². The molecule has 0 N–H and O–H groups in total. The minimum atomic E-state index is -0.286. The third kappa shape index (κ3) is 2.75. The first-order chi connectivity index (χ1) is 11.7. The van der Waals surface area contributed by atoms with E-state index in [0.29, 0.717) is 31.3 Å². The zero-order valence-corrected chi connectivity index (χ0v) is 13.6. The molecule has 0 saturated carbocycles. The number of hydrogen-bond donors (Lipinski definition) is 0. The van der Waals surface area contributed by atoms with Crippen LogP contribution in [0.4, 0.5) is 0 Å². The molecule has 126 valence electrons. The second kappa shape index (κ2) is 5.90. The zero-order chi connectivity index (χ0) is 16.6. The van der Waals surface area contributed by atoms with Gasteiger partial charge in [-0.1, -0.05) is 6.07 Å². The highest BCUT2D eigenvalue weighted by molar-refractivity contribution is 5.93. The van der Waals surface area contributed by atoms with E-state index in [1.165, 1.54) is 0 Å². The molecule has 2 aliphatic rings. The van der Waals surface area contributed by atoms with Gasteiger partial charge in [0.15, 0.2) is 0 Å². The van der Waals surface area contributed by atoms with Crippen LogP contribution in [0.15, 0.2) is 36.7 Å². The molecule has 2 aromatic heterocycles. The van der Waals surface area contributed by atoms with Crippen LogP contribution >= 0.6 is 0 Å². The lowest BCUT2D eigenvalue weighted by Crippen LogP contribution is -2.67. The van der Waals surface area contributed by atoms with E-state index in [-0.39, 0.29) is 17.6 Å². The molecule has 1 atom stereocenters. The molecule has 24 heavy (non-hydrogen) atoms. The minimum Gasteiger partial charge on any atom is -0.474 e. The van der Waals surface area contributed by atoms with E-state index in [1.54, 1.807) is 35.1 Å². The van der Waals surface area contributed by atoms with Crippen molar-refractivity contribution in [2.24, 2.45) is 7.05 Å². The van der Waals surface area contributed by atoms with Crippen molar-refractivity contribution in [2.45, 2.75) is 24.5 Å². The largest absolute Gasteiger partial charge is 0.474 e. The van der Waals surface area contributed by atoms with E-state index in [0.717, 1.165) is 12.8 Å². The molecule has 7 heteroatoms. The van der Waals surface area contributed by atoms with Crippen molar-refractivity contribution in [3.05, 3.63) is 42.4 Å². The number of nitrogens with zero attached hydrogens (tertiary/aromatic N) is 4. The number of aryl methyl sites for hydroxylation is 1.